The van der Waals surface area contributed by atoms with Crippen LogP contribution in [-0.2, 0) is 10.0 Å². The van der Waals surface area contributed by atoms with Gasteiger partial charge in [0.15, 0.2) is 0 Å². The minimum atomic E-state index is -3.64. The molecule has 1 aliphatic carbocycles. The number of nitrogens with two attached hydrogens (primary N) is 1. The van der Waals surface area contributed by atoms with E-state index in [9.17, 15) is 12.8 Å². The van der Waals surface area contributed by atoms with Crippen LogP contribution in [0.2, 0.25) is 0 Å². The molecular formula is C11H15FN2O2S. The number of hydrogen-bond donors (Lipinski definition) is 2. The average molecular weight is 258 g/mol. The number of rotatable bonds is 4. The highest BCUT2D eigenvalue weighted by atomic mass is 32.2. The first-order chi connectivity index (χ1) is 7.82. The Hall–Kier alpha value is -1.14. The van der Waals surface area contributed by atoms with E-state index >= 15 is 0 Å². The van der Waals surface area contributed by atoms with Gasteiger partial charge in [-0.3, -0.25) is 0 Å². The van der Waals surface area contributed by atoms with Gasteiger partial charge in [0, 0.05) is 6.54 Å². The lowest BCUT2D eigenvalue weighted by Gasteiger charge is -2.12. The smallest absolute Gasteiger partial charge is 0.242 e. The van der Waals surface area contributed by atoms with E-state index in [1.54, 1.807) is 0 Å². The third-order valence-corrected chi connectivity index (χ3v) is 4.53. The highest BCUT2D eigenvalue weighted by Gasteiger charge is 2.38. The topological polar surface area (TPSA) is 72.2 Å². The lowest BCUT2D eigenvalue weighted by Crippen LogP contribution is -2.29. The molecule has 0 heterocycles. The molecule has 0 atom stereocenters. The Balaban J connectivity index is 2.19. The van der Waals surface area contributed by atoms with Crippen LogP contribution < -0.4 is 10.5 Å². The van der Waals surface area contributed by atoms with Crippen LogP contribution in [0.25, 0.3) is 0 Å². The molecule has 4 nitrogen and oxygen atoms in total. The predicted molar refractivity (Wildman–Crippen MR) is 63.3 cm³/mol. The van der Waals surface area contributed by atoms with Crippen molar-refractivity contribution in [2.45, 2.75) is 24.7 Å². The summed E-state index contributed by atoms with van der Waals surface area (Å²) in [6.45, 7) is 2.41. The van der Waals surface area contributed by atoms with Crippen LogP contribution in [-0.4, -0.2) is 15.0 Å². The summed E-state index contributed by atoms with van der Waals surface area (Å²) in [5.74, 6) is -0.546. The largest absolute Gasteiger partial charge is 0.398 e. The number of nitrogens with one attached hydrogen (secondary N) is 1. The second-order valence-electron chi connectivity index (χ2n) is 4.82. The Kier molecular flexibility index (Phi) is 2.87. The van der Waals surface area contributed by atoms with Crippen LogP contribution in [0.3, 0.4) is 0 Å². The van der Waals surface area contributed by atoms with Crippen LogP contribution in [0.4, 0.5) is 10.1 Å². The zero-order chi connectivity index (χ0) is 12.7. The van der Waals surface area contributed by atoms with Crippen molar-refractivity contribution in [1.29, 1.82) is 0 Å². The second-order valence-corrected chi connectivity index (χ2v) is 6.55. The van der Waals surface area contributed by atoms with E-state index in [4.69, 9.17) is 5.73 Å². The van der Waals surface area contributed by atoms with E-state index in [2.05, 4.69) is 4.72 Å². The first kappa shape index (κ1) is 12.3. The van der Waals surface area contributed by atoms with E-state index in [0.717, 1.165) is 25.0 Å². The number of sulfonamides is 1. The van der Waals surface area contributed by atoms with Gasteiger partial charge in [-0.1, -0.05) is 6.92 Å². The first-order valence-corrected chi connectivity index (χ1v) is 6.85. The fourth-order valence-electron chi connectivity index (χ4n) is 1.50. The highest BCUT2D eigenvalue weighted by molar-refractivity contribution is 7.89. The summed E-state index contributed by atoms with van der Waals surface area (Å²) < 4.78 is 39.2. The zero-order valence-corrected chi connectivity index (χ0v) is 10.3. The summed E-state index contributed by atoms with van der Waals surface area (Å²) in [7, 11) is -3.64. The maximum atomic E-state index is 12.8. The number of halogens is 1. The molecule has 1 aromatic rings. The Morgan fingerprint density at radius 3 is 2.65 bits per heavy atom. The molecule has 0 saturated heterocycles. The van der Waals surface area contributed by atoms with Gasteiger partial charge in [0.25, 0.3) is 0 Å². The van der Waals surface area contributed by atoms with E-state index in [1.807, 2.05) is 6.92 Å². The molecule has 0 aromatic heterocycles. The van der Waals surface area contributed by atoms with E-state index in [0.29, 0.717) is 6.54 Å². The lowest BCUT2D eigenvalue weighted by atomic mass is 10.2. The normalized spacial score (nSPS) is 18.0. The Bertz CT molecular complexity index is 538. The van der Waals surface area contributed by atoms with E-state index in [-0.39, 0.29) is 16.0 Å². The number of anilines is 1. The molecule has 0 bridgehead atoms. The average Bonchev–Trinajstić information content (AvgIpc) is 2.94. The molecule has 2 rings (SSSR count). The summed E-state index contributed by atoms with van der Waals surface area (Å²) in [4.78, 5) is -0.0665. The quantitative estimate of drug-likeness (QED) is 0.804. The first-order valence-electron chi connectivity index (χ1n) is 5.37. The Labute approximate surface area is 100 Å². The predicted octanol–water partition coefficient (Wildman–Crippen LogP) is 1.49. The van der Waals surface area contributed by atoms with Gasteiger partial charge in [-0.15, -0.1) is 0 Å². The Morgan fingerprint density at radius 2 is 2.12 bits per heavy atom. The van der Waals surface area contributed by atoms with Crippen molar-refractivity contribution in [2.75, 3.05) is 12.3 Å². The maximum absolute atomic E-state index is 12.8. The summed E-state index contributed by atoms with van der Waals surface area (Å²) in [5, 5.41) is 0. The summed E-state index contributed by atoms with van der Waals surface area (Å²) in [6.07, 6.45) is 2.04. The van der Waals surface area contributed by atoms with Crippen molar-refractivity contribution in [3.05, 3.63) is 24.0 Å². The minimum Gasteiger partial charge on any atom is -0.398 e. The van der Waals surface area contributed by atoms with Gasteiger partial charge in [0.05, 0.1) is 5.69 Å². The molecule has 1 aliphatic rings. The Morgan fingerprint density at radius 1 is 1.47 bits per heavy atom. The molecule has 1 saturated carbocycles. The van der Waals surface area contributed by atoms with Gasteiger partial charge in [0.2, 0.25) is 10.0 Å². The van der Waals surface area contributed by atoms with Crippen molar-refractivity contribution in [2.24, 2.45) is 5.41 Å². The van der Waals surface area contributed by atoms with Crippen molar-refractivity contribution in [3.8, 4) is 0 Å². The van der Waals surface area contributed by atoms with Gasteiger partial charge < -0.3 is 5.73 Å². The van der Waals surface area contributed by atoms with Crippen LogP contribution in [0.5, 0.6) is 0 Å². The fourth-order valence-corrected chi connectivity index (χ4v) is 2.81. The molecule has 6 heteroatoms. The summed E-state index contributed by atoms with van der Waals surface area (Å²) >= 11 is 0. The van der Waals surface area contributed by atoms with Crippen LogP contribution in [0, 0.1) is 11.2 Å². The van der Waals surface area contributed by atoms with Gasteiger partial charge in [-0.05, 0) is 36.5 Å². The molecule has 0 amide bonds. The van der Waals surface area contributed by atoms with Crippen molar-refractivity contribution >= 4 is 15.7 Å². The molecule has 0 spiro atoms. The zero-order valence-electron chi connectivity index (χ0n) is 9.53. The fraction of sp³-hybridized carbons (Fsp3) is 0.455. The van der Waals surface area contributed by atoms with Crippen LogP contribution >= 0.6 is 0 Å². The molecule has 0 radical (unpaired) electrons. The van der Waals surface area contributed by atoms with Gasteiger partial charge in [-0.2, -0.15) is 0 Å². The van der Waals surface area contributed by atoms with E-state index < -0.39 is 15.8 Å². The third kappa shape index (κ3) is 2.76. The van der Waals surface area contributed by atoms with E-state index in [1.165, 1.54) is 6.07 Å². The van der Waals surface area contributed by atoms with Crippen molar-refractivity contribution in [1.82, 2.24) is 4.72 Å². The van der Waals surface area contributed by atoms with Crippen molar-refractivity contribution in [3.63, 3.8) is 0 Å². The molecular weight excluding hydrogens is 243 g/mol. The second kappa shape index (κ2) is 3.96. The minimum absolute atomic E-state index is 0.0665. The maximum Gasteiger partial charge on any atom is 0.242 e. The van der Waals surface area contributed by atoms with Crippen LogP contribution in [0.1, 0.15) is 19.8 Å². The SMILES string of the molecule is CC1(CNS(=O)(=O)c2ccc(F)cc2N)CC1. The monoisotopic (exact) mass is 258 g/mol. The number of benzene rings is 1. The molecule has 17 heavy (non-hydrogen) atoms. The molecule has 94 valence electrons. The molecule has 3 N–H and O–H groups in total. The summed E-state index contributed by atoms with van der Waals surface area (Å²) in [5.41, 5.74) is 5.50. The lowest BCUT2D eigenvalue weighted by molar-refractivity contribution is 0.530. The highest BCUT2D eigenvalue weighted by Crippen LogP contribution is 2.44. The van der Waals surface area contributed by atoms with Crippen LogP contribution in [0.15, 0.2) is 23.1 Å². The molecule has 1 fully saturated rings. The summed E-state index contributed by atoms with van der Waals surface area (Å²) in [6, 6.07) is 3.28. The van der Waals surface area contributed by atoms with Gasteiger partial charge in [0.1, 0.15) is 10.7 Å². The van der Waals surface area contributed by atoms with Gasteiger partial charge >= 0.3 is 0 Å². The van der Waals surface area contributed by atoms with Gasteiger partial charge in [-0.25, -0.2) is 17.5 Å². The molecule has 1 aromatic carbocycles. The third-order valence-electron chi connectivity index (χ3n) is 3.05. The standard InChI is InChI=1S/C11H15FN2O2S/c1-11(4-5-11)7-14-17(15,16)10-3-2-8(12)6-9(10)13/h2-3,6,14H,4-5,7,13H2,1H3. The molecule has 0 unspecified atom stereocenters. The number of nitrogen functional groups attached to an aromatic ring is 1. The number of hydrogen-bond acceptors (Lipinski definition) is 3. The van der Waals surface area contributed by atoms with Crippen molar-refractivity contribution < 1.29 is 12.8 Å². The molecule has 0 aliphatic heterocycles.